The summed E-state index contributed by atoms with van der Waals surface area (Å²) in [6.07, 6.45) is 7.64. The monoisotopic (exact) mass is 203 g/mol. The van der Waals surface area contributed by atoms with Gasteiger partial charge in [-0.15, -0.1) is 0 Å². The van der Waals surface area contributed by atoms with Gasteiger partial charge in [-0.25, -0.2) is 9.97 Å². The average Bonchev–Trinajstić information content (AvgIpc) is 2.81. The number of rotatable bonds is 4. The second kappa shape index (κ2) is 4.59. The Bertz CT molecular complexity index is 385. The van der Waals surface area contributed by atoms with Gasteiger partial charge in [0.05, 0.1) is 30.4 Å². The molecule has 0 bridgehead atoms. The summed E-state index contributed by atoms with van der Waals surface area (Å²) in [4.78, 5) is 7.90. The standard InChI is InChI=1S/C11H13N3O/c1-2-10(11-4-3-5-15-11)14-9-6-12-8-13-7-9/h3-8,10,14H,2H2,1H3. The van der Waals surface area contributed by atoms with Crippen molar-refractivity contribution in [3.8, 4) is 0 Å². The minimum Gasteiger partial charge on any atom is -0.467 e. The fourth-order valence-electron chi connectivity index (χ4n) is 1.44. The third kappa shape index (κ3) is 2.34. The molecule has 0 aromatic carbocycles. The molecule has 1 N–H and O–H groups in total. The summed E-state index contributed by atoms with van der Waals surface area (Å²) in [5.41, 5.74) is 0.903. The first kappa shape index (κ1) is 9.71. The van der Waals surface area contributed by atoms with Crippen molar-refractivity contribution in [1.82, 2.24) is 9.97 Å². The Kier molecular flexibility index (Phi) is 2.97. The molecule has 4 nitrogen and oxygen atoms in total. The highest BCUT2D eigenvalue weighted by Crippen LogP contribution is 2.21. The molecule has 0 amide bonds. The maximum Gasteiger partial charge on any atom is 0.125 e. The van der Waals surface area contributed by atoms with Crippen molar-refractivity contribution in [2.24, 2.45) is 0 Å². The van der Waals surface area contributed by atoms with Crippen LogP contribution in [-0.2, 0) is 0 Å². The summed E-state index contributed by atoms with van der Waals surface area (Å²) < 4.78 is 5.36. The average molecular weight is 203 g/mol. The number of hydrogen-bond acceptors (Lipinski definition) is 4. The minimum atomic E-state index is 0.172. The van der Waals surface area contributed by atoms with Crippen molar-refractivity contribution in [2.45, 2.75) is 19.4 Å². The molecule has 2 aromatic heterocycles. The van der Waals surface area contributed by atoms with Crippen LogP contribution in [0.4, 0.5) is 5.69 Å². The molecule has 1 unspecified atom stereocenters. The first-order valence-corrected chi connectivity index (χ1v) is 4.95. The van der Waals surface area contributed by atoms with Crippen molar-refractivity contribution >= 4 is 5.69 Å². The van der Waals surface area contributed by atoms with Gasteiger partial charge in [-0.1, -0.05) is 6.92 Å². The number of anilines is 1. The lowest BCUT2D eigenvalue weighted by Crippen LogP contribution is -2.08. The molecule has 4 heteroatoms. The summed E-state index contributed by atoms with van der Waals surface area (Å²) in [6, 6.07) is 4.03. The van der Waals surface area contributed by atoms with E-state index in [1.54, 1.807) is 18.7 Å². The third-order valence-electron chi connectivity index (χ3n) is 2.20. The van der Waals surface area contributed by atoms with E-state index in [1.807, 2.05) is 12.1 Å². The molecule has 0 saturated carbocycles. The zero-order chi connectivity index (χ0) is 10.5. The highest BCUT2D eigenvalue weighted by Gasteiger charge is 2.11. The number of hydrogen-bond donors (Lipinski definition) is 1. The molecule has 1 atom stereocenters. The minimum absolute atomic E-state index is 0.172. The van der Waals surface area contributed by atoms with E-state index in [1.165, 1.54) is 6.33 Å². The number of nitrogens with one attached hydrogen (secondary N) is 1. The lowest BCUT2D eigenvalue weighted by Gasteiger charge is -2.14. The smallest absolute Gasteiger partial charge is 0.125 e. The molecule has 0 aliphatic carbocycles. The van der Waals surface area contributed by atoms with E-state index < -0.39 is 0 Å². The molecular formula is C11H13N3O. The van der Waals surface area contributed by atoms with Crippen molar-refractivity contribution in [3.63, 3.8) is 0 Å². The first-order valence-electron chi connectivity index (χ1n) is 4.95. The van der Waals surface area contributed by atoms with Gasteiger partial charge in [-0.3, -0.25) is 0 Å². The predicted molar refractivity (Wildman–Crippen MR) is 57.4 cm³/mol. The summed E-state index contributed by atoms with van der Waals surface area (Å²) in [5.74, 6) is 0.932. The Morgan fingerprint density at radius 2 is 2.20 bits per heavy atom. The summed E-state index contributed by atoms with van der Waals surface area (Å²) >= 11 is 0. The van der Waals surface area contributed by atoms with Gasteiger partial charge in [0.1, 0.15) is 12.1 Å². The van der Waals surface area contributed by atoms with Gasteiger partial charge >= 0.3 is 0 Å². The van der Waals surface area contributed by atoms with Crippen LogP contribution in [-0.4, -0.2) is 9.97 Å². The van der Waals surface area contributed by atoms with Crippen LogP contribution in [0.1, 0.15) is 25.1 Å². The molecule has 0 radical (unpaired) electrons. The molecular weight excluding hydrogens is 190 g/mol. The van der Waals surface area contributed by atoms with Crippen LogP contribution in [0.5, 0.6) is 0 Å². The van der Waals surface area contributed by atoms with Gasteiger partial charge in [0.25, 0.3) is 0 Å². The van der Waals surface area contributed by atoms with Crippen molar-refractivity contribution < 1.29 is 4.42 Å². The number of furan rings is 1. The molecule has 2 rings (SSSR count). The second-order valence-electron chi connectivity index (χ2n) is 3.25. The van der Waals surface area contributed by atoms with Crippen LogP contribution in [0.25, 0.3) is 0 Å². The van der Waals surface area contributed by atoms with Gasteiger partial charge < -0.3 is 9.73 Å². The lowest BCUT2D eigenvalue weighted by atomic mass is 10.1. The Balaban J connectivity index is 2.10. The number of aromatic nitrogens is 2. The SMILES string of the molecule is CCC(Nc1cncnc1)c1ccco1. The molecule has 0 spiro atoms. The maximum atomic E-state index is 5.36. The highest BCUT2D eigenvalue weighted by atomic mass is 16.3. The third-order valence-corrected chi connectivity index (χ3v) is 2.20. The van der Waals surface area contributed by atoms with E-state index in [2.05, 4.69) is 22.2 Å². The van der Waals surface area contributed by atoms with Crippen LogP contribution >= 0.6 is 0 Å². The Labute approximate surface area is 88.4 Å². The summed E-state index contributed by atoms with van der Waals surface area (Å²) in [5, 5.41) is 3.31. The van der Waals surface area contributed by atoms with Gasteiger partial charge in [-0.05, 0) is 18.6 Å². The molecule has 0 aliphatic heterocycles. The zero-order valence-electron chi connectivity index (χ0n) is 8.55. The largest absolute Gasteiger partial charge is 0.467 e. The molecule has 78 valence electrons. The Morgan fingerprint density at radius 3 is 2.80 bits per heavy atom. The van der Waals surface area contributed by atoms with E-state index in [9.17, 15) is 0 Å². The van der Waals surface area contributed by atoms with E-state index in [-0.39, 0.29) is 6.04 Å². The molecule has 0 fully saturated rings. The van der Waals surface area contributed by atoms with E-state index in [0.29, 0.717) is 0 Å². The van der Waals surface area contributed by atoms with E-state index in [4.69, 9.17) is 4.42 Å². The van der Waals surface area contributed by atoms with Crippen LogP contribution < -0.4 is 5.32 Å². The molecule has 2 heterocycles. The highest BCUT2D eigenvalue weighted by molar-refractivity contribution is 5.39. The topological polar surface area (TPSA) is 51.0 Å². The summed E-state index contributed by atoms with van der Waals surface area (Å²) in [7, 11) is 0. The number of nitrogens with zero attached hydrogens (tertiary/aromatic N) is 2. The van der Waals surface area contributed by atoms with Crippen molar-refractivity contribution in [2.75, 3.05) is 5.32 Å². The molecule has 0 saturated heterocycles. The second-order valence-corrected chi connectivity index (χ2v) is 3.25. The van der Waals surface area contributed by atoms with Gasteiger partial charge in [-0.2, -0.15) is 0 Å². The zero-order valence-corrected chi connectivity index (χ0v) is 8.55. The van der Waals surface area contributed by atoms with E-state index >= 15 is 0 Å². The van der Waals surface area contributed by atoms with Gasteiger partial charge in [0.2, 0.25) is 0 Å². The summed E-state index contributed by atoms with van der Waals surface area (Å²) in [6.45, 7) is 2.10. The predicted octanol–water partition coefficient (Wildman–Crippen LogP) is 2.63. The molecule has 2 aromatic rings. The van der Waals surface area contributed by atoms with Crippen LogP contribution in [0.2, 0.25) is 0 Å². The lowest BCUT2D eigenvalue weighted by molar-refractivity contribution is 0.474. The fourth-order valence-corrected chi connectivity index (χ4v) is 1.44. The first-order chi connectivity index (χ1) is 7.40. The Morgan fingerprint density at radius 1 is 1.40 bits per heavy atom. The molecule has 15 heavy (non-hydrogen) atoms. The van der Waals surface area contributed by atoms with Crippen molar-refractivity contribution in [3.05, 3.63) is 42.9 Å². The van der Waals surface area contributed by atoms with Gasteiger partial charge in [0.15, 0.2) is 0 Å². The fraction of sp³-hybridized carbons (Fsp3) is 0.273. The maximum absolute atomic E-state index is 5.36. The molecule has 0 aliphatic rings. The normalized spacial score (nSPS) is 12.3. The van der Waals surface area contributed by atoms with Gasteiger partial charge in [0, 0.05) is 0 Å². The van der Waals surface area contributed by atoms with E-state index in [0.717, 1.165) is 17.9 Å². The quantitative estimate of drug-likeness (QED) is 0.829. The van der Waals surface area contributed by atoms with Crippen LogP contribution in [0.15, 0.2) is 41.5 Å². The Hall–Kier alpha value is -1.84. The van der Waals surface area contributed by atoms with Crippen LogP contribution in [0.3, 0.4) is 0 Å². The van der Waals surface area contributed by atoms with Crippen molar-refractivity contribution in [1.29, 1.82) is 0 Å². The van der Waals surface area contributed by atoms with Crippen LogP contribution in [0, 0.1) is 0 Å².